The van der Waals surface area contributed by atoms with Gasteiger partial charge in [0.05, 0.1) is 0 Å². The van der Waals surface area contributed by atoms with E-state index >= 15 is 0 Å². The smallest absolute Gasteiger partial charge is 0.345 e. The first-order chi connectivity index (χ1) is 10.5. The van der Waals surface area contributed by atoms with Crippen LogP contribution >= 0.6 is 0 Å². The van der Waals surface area contributed by atoms with E-state index in [9.17, 15) is 4.79 Å². The first-order valence-electron chi connectivity index (χ1n) is 7.49. The molecule has 1 aliphatic rings. The molecule has 0 radical (unpaired) electrons. The van der Waals surface area contributed by atoms with Crippen LogP contribution < -0.4 is 0 Å². The number of rotatable bonds is 3. The zero-order valence-corrected chi connectivity index (χ0v) is 13.0. The fourth-order valence-corrected chi connectivity index (χ4v) is 2.86. The molecule has 3 rings (SSSR count). The summed E-state index contributed by atoms with van der Waals surface area (Å²) in [6.07, 6.45) is 0. The van der Waals surface area contributed by atoms with E-state index in [1.807, 2.05) is 75.4 Å². The molecule has 0 fully saturated rings. The molecule has 0 aromatic heterocycles. The van der Waals surface area contributed by atoms with Crippen LogP contribution in [0.1, 0.15) is 30.5 Å². The molecule has 2 aromatic rings. The number of benzene rings is 2. The first-order valence-corrected chi connectivity index (χ1v) is 7.49. The topological polar surface area (TPSA) is 38.7 Å². The van der Waals surface area contributed by atoms with Gasteiger partial charge in [-0.05, 0) is 30.5 Å². The van der Waals surface area contributed by atoms with Crippen LogP contribution in [0.4, 0.5) is 0 Å². The van der Waals surface area contributed by atoms with Crippen LogP contribution in [0.2, 0.25) is 0 Å². The Hall–Kier alpha value is -2.42. The third-order valence-electron chi connectivity index (χ3n) is 4.09. The van der Waals surface area contributed by atoms with E-state index in [2.05, 4.69) is 0 Å². The van der Waals surface area contributed by atoms with Crippen molar-refractivity contribution in [2.45, 2.75) is 26.3 Å². The van der Waals surface area contributed by atoms with Gasteiger partial charge in [-0.15, -0.1) is 0 Å². The third-order valence-corrected chi connectivity index (χ3v) is 4.09. The summed E-state index contributed by atoms with van der Waals surface area (Å²) in [5, 5.41) is 0. The number of cyclic esters (lactones) is 1. The second kappa shape index (κ2) is 5.41. The lowest BCUT2D eigenvalue weighted by Crippen LogP contribution is -2.36. The van der Waals surface area contributed by atoms with Crippen LogP contribution in [-0.4, -0.2) is 11.9 Å². The highest BCUT2D eigenvalue weighted by molar-refractivity contribution is 6.08. The number of carbonyl (C=O) groups excluding carboxylic acids is 1. The van der Waals surface area contributed by atoms with Gasteiger partial charge >= 0.3 is 5.97 Å². The number of hydrogen-bond acceptors (Lipinski definition) is 3. The van der Waals surface area contributed by atoms with Crippen LogP contribution in [0, 0.1) is 12.8 Å². The molecule has 1 aliphatic heterocycles. The average molecular weight is 293 g/mol. The predicted octanol–water partition coefficient (Wildman–Crippen LogP) is 3.85. The molecule has 1 atom stereocenters. The molecule has 0 N–H and O–H groups in total. The molecule has 0 aliphatic carbocycles. The summed E-state index contributed by atoms with van der Waals surface area (Å²) in [5.41, 5.74) is 1.86. The highest BCUT2D eigenvalue weighted by atomic mass is 16.6. The molecule has 0 saturated heterocycles. The summed E-state index contributed by atoms with van der Waals surface area (Å²) in [7, 11) is 0. The lowest BCUT2D eigenvalue weighted by atomic mass is 9.80. The van der Waals surface area contributed by atoms with E-state index in [4.69, 9.17) is 9.73 Å². The van der Waals surface area contributed by atoms with Gasteiger partial charge in [0.2, 0.25) is 5.90 Å². The fourth-order valence-electron chi connectivity index (χ4n) is 2.86. The van der Waals surface area contributed by atoms with Crippen molar-refractivity contribution in [1.29, 1.82) is 0 Å². The maximum absolute atomic E-state index is 12.7. The Bertz CT molecular complexity index is 734. The second-order valence-corrected chi connectivity index (χ2v) is 5.96. The molecular weight excluding hydrogens is 274 g/mol. The Balaban J connectivity index is 2.15. The number of hydrogen-bond donors (Lipinski definition) is 0. The molecule has 1 heterocycles. The number of esters is 1. The zero-order chi connectivity index (χ0) is 15.7. The lowest BCUT2D eigenvalue weighted by Gasteiger charge is -2.26. The van der Waals surface area contributed by atoms with E-state index in [-0.39, 0.29) is 11.9 Å². The van der Waals surface area contributed by atoms with Crippen molar-refractivity contribution in [1.82, 2.24) is 0 Å². The molecule has 22 heavy (non-hydrogen) atoms. The Morgan fingerprint density at radius 2 is 1.77 bits per heavy atom. The highest BCUT2D eigenvalue weighted by Crippen LogP contribution is 2.40. The van der Waals surface area contributed by atoms with Gasteiger partial charge in [0.1, 0.15) is 0 Å². The van der Waals surface area contributed by atoms with Crippen LogP contribution in [0.25, 0.3) is 0 Å². The van der Waals surface area contributed by atoms with Gasteiger partial charge < -0.3 is 4.74 Å². The molecule has 112 valence electrons. The van der Waals surface area contributed by atoms with Crippen molar-refractivity contribution in [3.63, 3.8) is 0 Å². The monoisotopic (exact) mass is 293 g/mol. The van der Waals surface area contributed by atoms with Crippen LogP contribution in [0.3, 0.4) is 0 Å². The predicted molar refractivity (Wildman–Crippen MR) is 86.8 cm³/mol. The summed E-state index contributed by atoms with van der Waals surface area (Å²) in [4.78, 5) is 17.4. The minimum atomic E-state index is -0.961. The summed E-state index contributed by atoms with van der Waals surface area (Å²) < 4.78 is 5.53. The summed E-state index contributed by atoms with van der Waals surface area (Å²) >= 11 is 0. The Morgan fingerprint density at radius 3 is 2.41 bits per heavy atom. The fraction of sp³-hybridized carbons (Fsp3) is 0.263. The quantitative estimate of drug-likeness (QED) is 0.806. The van der Waals surface area contributed by atoms with Crippen molar-refractivity contribution in [2.75, 3.05) is 0 Å². The molecule has 3 heteroatoms. The maximum Gasteiger partial charge on any atom is 0.345 e. The molecule has 0 amide bonds. The van der Waals surface area contributed by atoms with Crippen molar-refractivity contribution < 1.29 is 9.53 Å². The van der Waals surface area contributed by atoms with Crippen molar-refractivity contribution >= 4 is 11.9 Å². The molecule has 0 bridgehead atoms. The molecule has 2 aromatic carbocycles. The Labute approximate surface area is 130 Å². The van der Waals surface area contributed by atoms with Gasteiger partial charge in [-0.2, -0.15) is 0 Å². The maximum atomic E-state index is 12.7. The highest BCUT2D eigenvalue weighted by Gasteiger charge is 2.50. The minimum absolute atomic E-state index is 0.00279. The van der Waals surface area contributed by atoms with E-state index in [1.165, 1.54) is 0 Å². The Kier molecular flexibility index (Phi) is 3.57. The van der Waals surface area contributed by atoms with Gasteiger partial charge in [-0.3, -0.25) is 0 Å². The van der Waals surface area contributed by atoms with Crippen molar-refractivity contribution in [3.8, 4) is 0 Å². The van der Waals surface area contributed by atoms with Gasteiger partial charge in [0, 0.05) is 5.56 Å². The summed E-state index contributed by atoms with van der Waals surface area (Å²) in [5.74, 6) is 0.107. The second-order valence-electron chi connectivity index (χ2n) is 5.96. The van der Waals surface area contributed by atoms with E-state index in [0.29, 0.717) is 5.90 Å². The largest absolute Gasteiger partial charge is 0.405 e. The number of carbonyl (C=O) groups is 1. The molecular formula is C19H19NO2. The van der Waals surface area contributed by atoms with Gasteiger partial charge in [-0.1, -0.05) is 61.9 Å². The van der Waals surface area contributed by atoms with Crippen LogP contribution in [0.15, 0.2) is 59.6 Å². The Morgan fingerprint density at radius 1 is 1.05 bits per heavy atom. The zero-order valence-electron chi connectivity index (χ0n) is 13.0. The average Bonchev–Trinajstić information content (AvgIpc) is 2.87. The van der Waals surface area contributed by atoms with Crippen LogP contribution in [-0.2, 0) is 15.1 Å². The SMILES string of the molecule is Cc1cccc([C@@]2(C(C)C)N=C(c3ccccc3)OC2=O)c1. The number of aliphatic imine (C=N–C) groups is 1. The number of nitrogens with zero attached hydrogens (tertiary/aromatic N) is 1. The molecule has 0 unspecified atom stereocenters. The summed E-state index contributed by atoms with van der Waals surface area (Å²) in [6, 6.07) is 17.5. The van der Waals surface area contributed by atoms with E-state index < -0.39 is 5.54 Å². The first kappa shape index (κ1) is 14.5. The normalized spacial score (nSPS) is 20.9. The molecule has 0 spiro atoms. The minimum Gasteiger partial charge on any atom is -0.405 e. The van der Waals surface area contributed by atoms with Crippen LogP contribution in [0.5, 0.6) is 0 Å². The van der Waals surface area contributed by atoms with Gasteiger partial charge in [0.25, 0.3) is 0 Å². The third kappa shape index (κ3) is 2.23. The van der Waals surface area contributed by atoms with E-state index in [0.717, 1.165) is 16.7 Å². The number of ether oxygens (including phenoxy) is 1. The van der Waals surface area contributed by atoms with E-state index in [1.54, 1.807) is 0 Å². The molecule has 0 saturated carbocycles. The molecule has 3 nitrogen and oxygen atoms in total. The van der Waals surface area contributed by atoms with Crippen molar-refractivity contribution in [2.24, 2.45) is 10.9 Å². The van der Waals surface area contributed by atoms with Gasteiger partial charge in [-0.25, -0.2) is 9.79 Å². The lowest BCUT2D eigenvalue weighted by molar-refractivity contribution is -0.141. The van der Waals surface area contributed by atoms with Crippen molar-refractivity contribution in [3.05, 3.63) is 71.3 Å². The van der Waals surface area contributed by atoms with Gasteiger partial charge in [0.15, 0.2) is 5.54 Å². The summed E-state index contributed by atoms with van der Waals surface area (Å²) in [6.45, 7) is 6.02. The standard InChI is InChI=1S/C19H19NO2/c1-13(2)19(16-11-7-8-14(3)12-16)18(21)22-17(20-19)15-9-5-4-6-10-15/h4-13H,1-3H3/t19-/m1/s1. The number of aryl methyl sites for hydroxylation is 1.